The van der Waals surface area contributed by atoms with E-state index in [1.807, 2.05) is 49.6 Å². The lowest BCUT2D eigenvalue weighted by molar-refractivity contribution is -0.116. The van der Waals surface area contributed by atoms with Crippen molar-refractivity contribution in [3.63, 3.8) is 0 Å². The van der Waals surface area contributed by atoms with Crippen molar-refractivity contribution in [2.45, 2.75) is 26.3 Å². The van der Waals surface area contributed by atoms with E-state index in [0.717, 1.165) is 16.8 Å². The Morgan fingerprint density at radius 3 is 2.52 bits per heavy atom. The highest BCUT2D eigenvalue weighted by Gasteiger charge is 2.18. The number of carbonyl (C=O) groups excluding carboxylic acids is 1. The summed E-state index contributed by atoms with van der Waals surface area (Å²) in [6, 6.07) is 17.7. The Hall–Kier alpha value is -2.52. The fraction of sp³-hybridized carbons (Fsp3) is 0.190. The van der Waals surface area contributed by atoms with Gasteiger partial charge in [-0.3, -0.25) is 4.79 Å². The van der Waals surface area contributed by atoms with E-state index in [2.05, 4.69) is 35.0 Å². The van der Waals surface area contributed by atoms with Crippen molar-refractivity contribution in [1.29, 1.82) is 0 Å². The Morgan fingerprint density at radius 2 is 1.84 bits per heavy atom. The zero-order chi connectivity index (χ0) is 17.8. The van der Waals surface area contributed by atoms with Crippen molar-refractivity contribution < 1.29 is 4.79 Å². The lowest BCUT2D eigenvalue weighted by Crippen LogP contribution is -2.20. The molecule has 1 aromatic heterocycles. The Morgan fingerprint density at radius 1 is 1.08 bits per heavy atom. The summed E-state index contributed by atoms with van der Waals surface area (Å²) in [5.74, 6) is -0.0226. The zero-order valence-electron chi connectivity index (χ0n) is 14.4. The lowest BCUT2D eigenvalue weighted by atomic mass is 10.0. The van der Waals surface area contributed by atoms with Crippen LogP contribution in [0.25, 0.3) is 0 Å². The Bertz CT molecular complexity index is 871. The van der Waals surface area contributed by atoms with Crippen LogP contribution in [0.4, 0.5) is 5.69 Å². The summed E-state index contributed by atoms with van der Waals surface area (Å²) in [4.78, 5) is 12.7. The normalized spacial score (nSPS) is 12.0. The molecule has 25 heavy (non-hydrogen) atoms. The van der Waals surface area contributed by atoms with E-state index in [1.165, 1.54) is 5.56 Å². The summed E-state index contributed by atoms with van der Waals surface area (Å²) in [5.41, 5.74) is 4.06. The fourth-order valence-electron chi connectivity index (χ4n) is 2.97. The molecule has 0 saturated carbocycles. The molecule has 128 valence electrons. The van der Waals surface area contributed by atoms with Gasteiger partial charge in [0, 0.05) is 23.1 Å². The minimum Gasteiger partial charge on any atom is -0.346 e. The number of hydrogen-bond acceptors (Lipinski definition) is 1. The quantitative estimate of drug-likeness (QED) is 0.657. The number of nitrogens with one attached hydrogen (secondary N) is 1. The topological polar surface area (TPSA) is 34.0 Å². The average Bonchev–Trinajstić information content (AvgIpc) is 3.09. The van der Waals surface area contributed by atoms with Gasteiger partial charge in [-0.15, -0.1) is 0 Å². The molecule has 1 N–H and O–H groups in total. The molecule has 0 spiro atoms. The van der Waals surface area contributed by atoms with Gasteiger partial charge in [0.1, 0.15) is 0 Å². The SMILES string of the molecule is Cc1cccc([C@H](CC(=O)Nc2ccc(Cl)cc2C)n2cccc2)c1. The monoisotopic (exact) mass is 352 g/mol. The molecule has 3 aromatic rings. The maximum absolute atomic E-state index is 12.7. The molecule has 2 aromatic carbocycles. The summed E-state index contributed by atoms with van der Waals surface area (Å²) >= 11 is 5.98. The van der Waals surface area contributed by atoms with Gasteiger partial charge in [-0.1, -0.05) is 41.4 Å². The number of amides is 1. The third kappa shape index (κ3) is 4.31. The van der Waals surface area contributed by atoms with Gasteiger partial charge in [-0.2, -0.15) is 0 Å². The molecule has 0 radical (unpaired) electrons. The van der Waals surface area contributed by atoms with Crippen LogP contribution in [-0.4, -0.2) is 10.5 Å². The summed E-state index contributed by atoms with van der Waals surface area (Å²) in [6.45, 7) is 4.00. The van der Waals surface area contributed by atoms with Gasteiger partial charge in [0.15, 0.2) is 0 Å². The lowest BCUT2D eigenvalue weighted by Gasteiger charge is -2.20. The van der Waals surface area contributed by atoms with Crippen LogP contribution in [0.15, 0.2) is 67.0 Å². The van der Waals surface area contributed by atoms with E-state index in [9.17, 15) is 4.79 Å². The van der Waals surface area contributed by atoms with E-state index in [0.29, 0.717) is 11.4 Å². The van der Waals surface area contributed by atoms with E-state index >= 15 is 0 Å². The van der Waals surface area contributed by atoms with Gasteiger partial charge in [0.2, 0.25) is 5.91 Å². The summed E-state index contributed by atoms with van der Waals surface area (Å²) in [6.07, 6.45) is 4.35. The first-order valence-electron chi connectivity index (χ1n) is 8.28. The molecule has 1 amide bonds. The molecular formula is C21H21ClN2O. The predicted octanol–water partition coefficient (Wildman–Crippen LogP) is 5.38. The largest absolute Gasteiger partial charge is 0.346 e. The molecular weight excluding hydrogens is 332 g/mol. The van der Waals surface area contributed by atoms with Crippen molar-refractivity contribution in [2.24, 2.45) is 0 Å². The van der Waals surface area contributed by atoms with Gasteiger partial charge in [0.25, 0.3) is 0 Å². The molecule has 3 rings (SSSR count). The van der Waals surface area contributed by atoms with E-state index in [-0.39, 0.29) is 11.9 Å². The Kier molecular flexibility index (Phi) is 5.25. The van der Waals surface area contributed by atoms with Crippen LogP contribution in [0.1, 0.15) is 29.2 Å². The summed E-state index contributed by atoms with van der Waals surface area (Å²) < 4.78 is 2.07. The number of anilines is 1. The van der Waals surface area contributed by atoms with Crippen LogP contribution in [0.2, 0.25) is 5.02 Å². The molecule has 0 aliphatic carbocycles. The highest BCUT2D eigenvalue weighted by Crippen LogP contribution is 2.25. The number of halogens is 1. The van der Waals surface area contributed by atoms with Crippen LogP contribution in [0, 0.1) is 13.8 Å². The first-order chi connectivity index (χ1) is 12.0. The van der Waals surface area contributed by atoms with Gasteiger partial charge in [-0.05, 0) is 55.3 Å². The highest BCUT2D eigenvalue weighted by molar-refractivity contribution is 6.30. The minimum atomic E-state index is -0.0393. The number of benzene rings is 2. The molecule has 0 unspecified atom stereocenters. The highest BCUT2D eigenvalue weighted by atomic mass is 35.5. The third-order valence-electron chi connectivity index (χ3n) is 4.26. The maximum Gasteiger partial charge on any atom is 0.226 e. The van der Waals surface area contributed by atoms with Gasteiger partial charge in [0.05, 0.1) is 12.5 Å². The molecule has 0 bridgehead atoms. The van der Waals surface area contributed by atoms with Gasteiger partial charge >= 0.3 is 0 Å². The minimum absolute atomic E-state index is 0.0226. The number of aryl methyl sites for hydroxylation is 2. The molecule has 0 saturated heterocycles. The standard InChI is InChI=1S/C21H21ClN2O/c1-15-6-5-7-17(12-15)20(24-10-3-4-11-24)14-21(25)23-19-9-8-18(22)13-16(19)2/h3-13,20H,14H2,1-2H3,(H,23,25)/t20-/m0/s1. The van der Waals surface area contributed by atoms with E-state index < -0.39 is 0 Å². The number of carbonyl (C=O) groups is 1. The molecule has 4 heteroatoms. The molecule has 1 heterocycles. The third-order valence-corrected chi connectivity index (χ3v) is 4.49. The summed E-state index contributed by atoms with van der Waals surface area (Å²) in [5, 5.41) is 3.67. The number of nitrogens with zero attached hydrogens (tertiary/aromatic N) is 1. The number of aromatic nitrogens is 1. The Labute approximate surface area is 153 Å². The van der Waals surface area contributed by atoms with Crippen molar-refractivity contribution in [1.82, 2.24) is 4.57 Å². The first-order valence-corrected chi connectivity index (χ1v) is 8.66. The van der Waals surface area contributed by atoms with E-state index in [4.69, 9.17) is 11.6 Å². The van der Waals surface area contributed by atoms with Crippen molar-refractivity contribution >= 4 is 23.2 Å². The van der Waals surface area contributed by atoms with Gasteiger partial charge in [-0.25, -0.2) is 0 Å². The summed E-state index contributed by atoms with van der Waals surface area (Å²) in [7, 11) is 0. The smallest absolute Gasteiger partial charge is 0.226 e. The number of rotatable bonds is 5. The second-order valence-corrected chi connectivity index (χ2v) is 6.71. The first kappa shape index (κ1) is 17.3. The zero-order valence-corrected chi connectivity index (χ0v) is 15.1. The van der Waals surface area contributed by atoms with Crippen molar-refractivity contribution in [3.8, 4) is 0 Å². The second-order valence-electron chi connectivity index (χ2n) is 6.27. The average molecular weight is 353 g/mol. The van der Waals surface area contributed by atoms with Crippen LogP contribution in [0.3, 0.4) is 0 Å². The van der Waals surface area contributed by atoms with Crippen molar-refractivity contribution in [3.05, 3.63) is 88.7 Å². The van der Waals surface area contributed by atoms with Crippen LogP contribution in [0.5, 0.6) is 0 Å². The van der Waals surface area contributed by atoms with Crippen LogP contribution >= 0.6 is 11.6 Å². The fourth-order valence-corrected chi connectivity index (χ4v) is 3.20. The molecule has 1 atom stereocenters. The Balaban J connectivity index is 1.82. The van der Waals surface area contributed by atoms with Crippen molar-refractivity contribution in [2.75, 3.05) is 5.32 Å². The maximum atomic E-state index is 12.7. The van der Waals surface area contributed by atoms with Crippen LogP contribution in [-0.2, 0) is 4.79 Å². The number of hydrogen-bond donors (Lipinski definition) is 1. The molecule has 0 aliphatic rings. The molecule has 3 nitrogen and oxygen atoms in total. The van der Waals surface area contributed by atoms with Crippen LogP contribution < -0.4 is 5.32 Å². The molecule has 0 fully saturated rings. The predicted molar refractivity (Wildman–Crippen MR) is 103 cm³/mol. The van der Waals surface area contributed by atoms with E-state index in [1.54, 1.807) is 6.07 Å². The second kappa shape index (κ2) is 7.58. The molecule has 0 aliphatic heterocycles. The van der Waals surface area contributed by atoms with Gasteiger partial charge < -0.3 is 9.88 Å².